The number of carbonyl (C=O) groups is 1. The summed E-state index contributed by atoms with van der Waals surface area (Å²) in [6.45, 7) is 3.94. The highest BCUT2D eigenvalue weighted by Gasteiger charge is 2.08. The summed E-state index contributed by atoms with van der Waals surface area (Å²) in [4.78, 5) is 12.1. The van der Waals surface area contributed by atoms with Gasteiger partial charge in [0.25, 0.3) is 5.91 Å². The summed E-state index contributed by atoms with van der Waals surface area (Å²) in [5.41, 5.74) is 2.54. The maximum absolute atomic E-state index is 12.1. The monoisotopic (exact) mass is 314 g/mol. The Morgan fingerprint density at radius 3 is 2.70 bits per heavy atom. The molecule has 122 valence electrons. The standard InChI is InChI=1S/C17H22N4O2/c1-13-6-3-4-7-14(13)12-19-17(22)15-8-9-16(21-20-15)18-10-5-11-23-2/h3-4,6-9H,5,10-12H2,1-2H3,(H,18,21)(H,19,22). The van der Waals surface area contributed by atoms with Gasteiger partial charge in [-0.25, -0.2) is 0 Å². The summed E-state index contributed by atoms with van der Waals surface area (Å²) in [7, 11) is 1.67. The summed E-state index contributed by atoms with van der Waals surface area (Å²) in [5, 5.41) is 13.9. The number of ether oxygens (including phenoxy) is 1. The van der Waals surface area contributed by atoms with Gasteiger partial charge in [-0.3, -0.25) is 4.79 Å². The van der Waals surface area contributed by atoms with Crippen LogP contribution >= 0.6 is 0 Å². The Morgan fingerprint density at radius 2 is 2.00 bits per heavy atom. The summed E-state index contributed by atoms with van der Waals surface area (Å²) in [6, 6.07) is 11.4. The number of hydrogen-bond acceptors (Lipinski definition) is 5. The molecule has 6 heteroatoms. The molecule has 0 spiro atoms. The molecule has 23 heavy (non-hydrogen) atoms. The van der Waals surface area contributed by atoms with Crippen LogP contribution in [-0.2, 0) is 11.3 Å². The minimum Gasteiger partial charge on any atom is -0.385 e. The Balaban J connectivity index is 1.84. The van der Waals surface area contributed by atoms with Crippen molar-refractivity contribution in [2.75, 3.05) is 25.6 Å². The topological polar surface area (TPSA) is 76.1 Å². The van der Waals surface area contributed by atoms with Crippen LogP contribution in [0.25, 0.3) is 0 Å². The lowest BCUT2D eigenvalue weighted by Gasteiger charge is -2.08. The normalized spacial score (nSPS) is 10.3. The second-order valence-corrected chi connectivity index (χ2v) is 5.19. The summed E-state index contributed by atoms with van der Waals surface area (Å²) >= 11 is 0. The van der Waals surface area contributed by atoms with Gasteiger partial charge >= 0.3 is 0 Å². The molecule has 0 radical (unpaired) electrons. The quantitative estimate of drug-likeness (QED) is 0.730. The van der Waals surface area contributed by atoms with Crippen LogP contribution in [0, 0.1) is 6.92 Å². The number of aromatic nitrogens is 2. The molecule has 0 saturated heterocycles. The van der Waals surface area contributed by atoms with Crippen LogP contribution in [0.1, 0.15) is 28.0 Å². The average Bonchev–Trinajstić information content (AvgIpc) is 2.58. The van der Waals surface area contributed by atoms with E-state index in [2.05, 4.69) is 20.8 Å². The van der Waals surface area contributed by atoms with Crippen molar-refractivity contribution in [3.8, 4) is 0 Å². The second kappa shape index (κ2) is 8.85. The minimum atomic E-state index is -0.230. The van der Waals surface area contributed by atoms with Gasteiger partial charge in [-0.2, -0.15) is 0 Å². The van der Waals surface area contributed by atoms with E-state index >= 15 is 0 Å². The molecule has 0 aliphatic rings. The van der Waals surface area contributed by atoms with Gasteiger partial charge in [0.1, 0.15) is 5.82 Å². The zero-order valence-electron chi connectivity index (χ0n) is 13.5. The van der Waals surface area contributed by atoms with E-state index in [1.165, 1.54) is 0 Å². The number of nitrogens with zero attached hydrogens (tertiary/aromatic N) is 2. The lowest BCUT2D eigenvalue weighted by atomic mass is 10.1. The highest BCUT2D eigenvalue weighted by atomic mass is 16.5. The molecular weight excluding hydrogens is 292 g/mol. The molecule has 2 aromatic rings. The molecule has 0 aliphatic heterocycles. The molecule has 2 N–H and O–H groups in total. The van der Waals surface area contributed by atoms with Gasteiger partial charge in [-0.1, -0.05) is 24.3 Å². The molecule has 2 rings (SSSR count). The Labute approximate surface area is 136 Å². The van der Waals surface area contributed by atoms with Gasteiger partial charge in [0.2, 0.25) is 0 Å². The van der Waals surface area contributed by atoms with Gasteiger partial charge in [0.15, 0.2) is 5.69 Å². The Kier molecular flexibility index (Phi) is 6.50. The van der Waals surface area contributed by atoms with Crippen molar-refractivity contribution in [3.63, 3.8) is 0 Å². The van der Waals surface area contributed by atoms with E-state index in [0.29, 0.717) is 24.7 Å². The number of carbonyl (C=O) groups excluding carboxylic acids is 1. The number of amides is 1. The van der Waals surface area contributed by atoms with Gasteiger partial charge in [0.05, 0.1) is 0 Å². The first-order valence-corrected chi connectivity index (χ1v) is 7.60. The molecule has 1 aromatic carbocycles. The number of anilines is 1. The highest BCUT2D eigenvalue weighted by molar-refractivity contribution is 5.92. The number of benzene rings is 1. The van der Waals surface area contributed by atoms with E-state index in [-0.39, 0.29) is 5.91 Å². The van der Waals surface area contributed by atoms with E-state index in [4.69, 9.17) is 4.74 Å². The zero-order chi connectivity index (χ0) is 16.5. The highest BCUT2D eigenvalue weighted by Crippen LogP contribution is 2.07. The van der Waals surface area contributed by atoms with E-state index in [0.717, 1.165) is 24.1 Å². The molecule has 0 atom stereocenters. The van der Waals surface area contributed by atoms with E-state index in [1.54, 1.807) is 19.2 Å². The van der Waals surface area contributed by atoms with Crippen LogP contribution in [0.15, 0.2) is 36.4 Å². The molecule has 1 aromatic heterocycles. The van der Waals surface area contributed by atoms with Crippen LogP contribution in [0.2, 0.25) is 0 Å². The third-order valence-corrected chi connectivity index (χ3v) is 3.43. The lowest BCUT2D eigenvalue weighted by Crippen LogP contribution is -2.24. The third-order valence-electron chi connectivity index (χ3n) is 3.43. The van der Waals surface area contributed by atoms with Gasteiger partial charge < -0.3 is 15.4 Å². The summed E-state index contributed by atoms with van der Waals surface area (Å²) < 4.78 is 4.97. The first kappa shape index (κ1) is 16.9. The molecular formula is C17H22N4O2. The molecule has 1 heterocycles. The molecule has 0 fully saturated rings. The lowest BCUT2D eigenvalue weighted by molar-refractivity contribution is 0.0945. The number of aryl methyl sites for hydroxylation is 1. The third kappa shape index (κ3) is 5.34. The fraction of sp³-hybridized carbons (Fsp3) is 0.353. The number of rotatable bonds is 8. The summed E-state index contributed by atoms with van der Waals surface area (Å²) in [5.74, 6) is 0.420. The number of methoxy groups -OCH3 is 1. The van der Waals surface area contributed by atoms with Crippen LogP contribution in [0.5, 0.6) is 0 Å². The van der Waals surface area contributed by atoms with Gasteiger partial charge in [-0.15, -0.1) is 10.2 Å². The fourth-order valence-electron chi connectivity index (χ4n) is 2.06. The molecule has 0 saturated carbocycles. The first-order chi connectivity index (χ1) is 11.2. The molecule has 0 bridgehead atoms. The SMILES string of the molecule is COCCCNc1ccc(C(=O)NCc2ccccc2C)nn1. The molecule has 0 unspecified atom stereocenters. The van der Waals surface area contributed by atoms with E-state index in [1.807, 2.05) is 31.2 Å². The number of nitrogens with one attached hydrogen (secondary N) is 2. The Morgan fingerprint density at radius 1 is 1.17 bits per heavy atom. The van der Waals surface area contributed by atoms with Crippen molar-refractivity contribution < 1.29 is 9.53 Å². The van der Waals surface area contributed by atoms with Crippen molar-refractivity contribution in [3.05, 3.63) is 53.2 Å². The molecule has 0 aliphatic carbocycles. The summed E-state index contributed by atoms with van der Waals surface area (Å²) in [6.07, 6.45) is 0.886. The molecule has 1 amide bonds. The van der Waals surface area contributed by atoms with Crippen molar-refractivity contribution in [1.29, 1.82) is 0 Å². The zero-order valence-corrected chi connectivity index (χ0v) is 13.5. The van der Waals surface area contributed by atoms with Crippen LogP contribution in [0.4, 0.5) is 5.82 Å². The first-order valence-electron chi connectivity index (χ1n) is 7.60. The van der Waals surface area contributed by atoms with Gasteiger partial charge in [-0.05, 0) is 36.6 Å². The van der Waals surface area contributed by atoms with Gasteiger partial charge in [0, 0.05) is 26.8 Å². The van der Waals surface area contributed by atoms with Crippen LogP contribution in [-0.4, -0.2) is 36.4 Å². The van der Waals surface area contributed by atoms with Crippen molar-refractivity contribution in [2.24, 2.45) is 0 Å². The molecule has 6 nitrogen and oxygen atoms in total. The largest absolute Gasteiger partial charge is 0.385 e. The predicted molar refractivity (Wildman–Crippen MR) is 89.4 cm³/mol. The Bertz CT molecular complexity index is 629. The maximum Gasteiger partial charge on any atom is 0.272 e. The fourth-order valence-corrected chi connectivity index (χ4v) is 2.06. The minimum absolute atomic E-state index is 0.230. The number of hydrogen-bond donors (Lipinski definition) is 2. The Hall–Kier alpha value is -2.47. The van der Waals surface area contributed by atoms with Crippen molar-refractivity contribution in [1.82, 2.24) is 15.5 Å². The smallest absolute Gasteiger partial charge is 0.272 e. The van der Waals surface area contributed by atoms with Crippen LogP contribution < -0.4 is 10.6 Å². The van der Waals surface area contributed by atoms with Crippen molar-refractivity contribution in [2.45, 2.75) is 19.9 Å². The maximum atomic E-state index is 12.1. The predicted octanol–water partition coefficient (Wildman–Crippen LogP) is 2.16. The average molecular weight is 314 g/mol. The second-order valence-electron chi connectivity index (χ2n) is 5.19. The van der Waals surface area contributed by atoms with E-state index in [9.17, 15) is 4.79 Å². The van der Waals surface area contributed by atoms with Crippen molar-refractivity contribution >= 4 is 11.7 Å². The van der Waals surface area contributed by atoms with E-state index < -0.39 is 0 Å². The van der Waals surface area contributed by atoms with Crippen LogP contribution in [0.3, 0.4) is 0 Å².